The molecule has 3 aromatic rings. The van der Waals surface area contributed by atoms with Gasteiger partial charge in [-0.15, -0.1) is 0 Å². The molecule has 1 N–H and O–H groups in total. The molecule has 1 aromatic heterocycles. The summed E-state index contributed by atoms with van der Waals surface area (Å²) in [4.78, 5) is 24.1. The first-order valence-electron chi connectivity index (χ1n) is 9.92. The molecule has 6 heteroatoms. The van der Waals surface area contributed by atoms with E-state index in [4.69, 9.17) is 9.15 Å². The summed E-state index contributed by atoms with van der Waals surface area (Å²) in [5.41, 5.74) is 2.29. The molecule has 0 unspecified atom stereocenters. The summed E-state index contributed by atoms with van der Waals surface area (Å²) >= 11 is 0. The largest absolute Gasteiger partial charge is 0.462 e. The van der Waals surface area contributed by atoms with Gasteiger partial charge in [0.15, 0.2) is 0 Å². The Labute approximate surface area is 180 Å². The van der Waals surface area contributed by atoms with E-state index in [9.17, 15) is 14.9 Å². The Kier molecular flexibility index (Phi) is 7.39. The molecular weight excluding hydrogens is 392 g/mol. The van der Waals surface area contributed by atoms with Crippen LogP contribution in [0, 0.1) is 11.3 Å². The Hall–Kier alpha value is -4.11. The number of hydrogen-bond donors (Lipinski definition) is 1. The third-order valence-electron chi connectivity index (χ3n) is 4.50. The molecule has 0 radical (unpaired) electrons. The maximum Gasteiger partial charge on any atom is 0.338 e. The number of rotatable bonds is 8. The highest BCUT2D eigenvalue weighted by molar-refractivity contribution is 6.01. The highest BCUT2D eigenvalue weighted by Crippen LogP contribution is 2.24. The zero-order valence-corrected chi connectivity index (χ0v) is 17.1. The fraction of sp³-hybridized carbons (Fsp3) is 0.160. The maximum atomic E-state index is 12.3. The minimum absolute atomic E-state index is 0.0355. The maximum absolute atomic E-state index is 12.3. The first-order chi connectivity index (χ1) is 15.1. The molecule has 3 rings (SSSR count). The molecule has 1 amide bonds. The first-order valence-corrected chi connectivity index (χ1v) is 9.92. The van der Waals surface area contributed by atoms with Crippen molar-refractivity contribution < 1.29 is 18.7 Å². The molecule has 0 saturated heterocycles. The molecule has 0 aliphatic heterocycles. The van der Waals surface area contributed by atoms with Gasteiger partial charge in [0, 0.05) is 18.2 Å². The van der Waals surface area contributed by atoms with E-state index in [2.05, 4.69) is 5.32 Å². The Bertz CT molecular complexity index is 1110. The van der Waals surface area contributed by atoms with E-state index in [-0.39, 0.29) is 11.5 Å². The van der Waals surface area contributed by atoms with Gasteiger partial charge in [-0.3, -0.25) is 4.79 Å². The normalized spacial score (nSPS) is 10.9. The van der Waals surface area contributed by atoms with Crippen LogP contribution in [0.15, 0.2) is 76.7 Å². The topological polar surface area (TPSA) is 92.3 Å². The van der Waals surface area contributed by atoms with E-state index in [0.717, 1.165) is 11.1 Å². The predicted molar refractivity (Wildman–Crippen MR) is 117 cm³/mol. The van der Waals surface area contributed by atoms with Gasteiger partial charge >= 0.3 is 5.97 Å². The Morgan fingerprint density at radius 2 is 1.81 bits per heavy atom. The standard InChI is InChI=1S/C25H22N2O4/c1-2-30-25(29)20-10-8-19(9-11-20)23-13-12-22(31-23)16-21(17-26)24(28)27-15-14-18-6-4-3-5-7-18/h3-13,16H,2,14-15H2,1H3,(H,27,28)/b21-16+. The molecule has 1 heterocycles. The Balaban J connectivity index is 1.64. The molecule has 0 aliphatic rings. The minimum Gasteiger partial charge on any atom is -0.462 e. The monoisotopic (exact) mass is 414 g/mol. The van der Waals surface area contributed by atoms with Crippen LogP contribution < -0.4 is 5.32 Å². The summed E-state index contributed by atoms with van der Waals surface area (Å²) in [5, 5.41) is 12.1. The lowest BCUT2D eigenvalue weighted by Crippen LogP contribution is -2.26. The van der Waals surface area contributed by atoms with Crippen LogP contribution in [0.5, 0.6) is 0 Å². The van der Waals surface area contributed by atoms with Crippen molar-refractivity contribution in [3.8, 4) is 17.4 Å². The molecule has 2 aromatic carbocycles. The van der Waals surface area contributed by atoms with E-state index < -0.39 is 5.91 Å². The highest BCUT2D eigenvalue weighted by Gasteiger charge is 2.12. The summed E-state index contributed by atoms with van der Waals surface area (Å²) in [6.45, 7) is 2.50. The lowest BCUT2D eigenvalue weighted by molar-refractivity contribution is -0.117. The van der Waals surface area contributed by atoms with E-state index in [1.807, 2.05) is 36.4 Å². The van der Waals surface area contributed by atoms with Gasteiger partial charge in [-0.25, -0.2) is 4.79 Å². The summed E-state index contributed by atoms with van der Waals surface area (Å²) in [6, 6.07) is 21.9. The van der Waals surface area contributed by atoms with Gasteiger partial charge in [0.2, 0.25) is 0 Å². The quantitative estimate of drug-likeness (QED) is 0.335. The molecule has 0 aliphatic carbocycles. The van der Waals surface area contributed by atoms with Gasteiger partial charge in [-0.05, 0) is 43.2 Å². The number of esters is 1. The number of ether oxygens (including phenoxy) is 1. The van der Waals surface area contributed by atoms with Gasteiger partial charge in [0.1, 0.15) is 23.2 Å². The molecule has 156 valence electrons. The van der Waals surface area contributed by atoms with Crippen LogP contribution in [0.3, 0.4) is 0 Å². The summed E-state index contributed by atoms with van der Waals surface area (Å²) < 4.78 is 10.7. The lowest BCUT2D eigenvalue weighted by Gasteiger charge is -2.04. The second-order valence-electron chi connectivity index (χ2n) is 6.66. The van der Waals surface area contributed by atoms with Crippen molar-refractivity contribution in [3.63, 3.8) is 0 Å². The molecule has 31 heavy (non-hydrogen) atoms. The van der Waals surface area contributed by atoms with Crippen LogP contribution in [0.25, 0.3) is 17.4 Å². The van der Waals surface area contributed by atoms with E-state index in [0.29, 0.717) is 36.7 Å². The predicted octanol–water partition coefficient (Wildman–Crippen LogP) is 4.39. The second-order valence-corrected chi connectivity index (χ2v) is 6.66. The third-order valence-corrected chi connectivity index (χ3v) is 4.50. The van der Waals surface area contributed by atoms with Gasteiger partial charge < -0.3 is 14.5 Å². The summed E-state index contributed by atoms with van der Waals surface area (Å²) in [5.74, 6) is 0.117. The molecule has 0 spiro atoms. The molecule has 0 bridgehead atoms. The lowest BCUT2D eigenvalue weighted by atomic mass is 10.1. The zero-order valence-electron chi connectivity index (χ0n) is 17.1. The number of benzene rings is 2. The summed E-state index contributed by atoms with van der Waals surface area (Å²) in [6.07, 6.45) is 2.09. The SMILES string of the molecule is CCOC(=O)c1ccc(-c2ccc(/C=C(\C#N)C(=O)NCCc3ccccc3)o2)cc1. The number of nitrogens with zero attached hydrogens (tertiary/aromatic N) is 1. The van der Waals surface area contributed by atoms with Crippen LogP contribution in [0.1, 0.15) is 28.6 Å². The molecule has 0 saturated carbocycles. The minimum atomic E-state index is -0.449. The van der Waals surface area contributed by atoms with Crippen molar-refractivity contribution in [2.45, 2.75) is 13.3 Å². The number of hydrogen-bond acceptors (Lipinski definition) is 5. The van der Waals surface area contributed by atoms with E-state index in [1.165, 1.54) is 6.08 Å². The van der Waals surface area contributed by atoms with Crippen molar-refractivity contribution in [1.82, 2.24) is 5.32 Å². The third kappa shape index (κ3) is 5.94. The van der Waals surface area contributed by atoms with Crippen molar-refractivity contribution in [3.05, 3.63) is 89.2 Å². The highest BCUT2D eigenvalue weighted by atomic mass is 16.5. The van der Waals surface area contributed by atoms with Crippen LogP contribution in [0.2, 0.25) is 0 Å². The van der Waals surface area contributed by atoms with E-state index in [1.54, 1.807) is 43.3 Å². The van der Waals surface area contributed by atoms with Crippen LogP contribution in [0.4, 0.5) is 0 Å². The Morgan fingerprint density at radius 1 is 1.06 bits per heavy atom. The number of nitriles is 1. The van der Waals surface area contributed by atoms with Crippen LogP contribution in [-0.4, -0.2) is 25.0 Å². The van der Waals surface area contributed by atoms with Gasteiger partial charge in [-0.2, -0.15) is 5.26 Å². The van der Waals surface area contributed by atoms with Crippen LogP contribution >= 0.6 is 0 Å². The fourth-order valence-electron chi connectivity index (χ4n) is 2.92. The fourth-order valence-corrected chi connectivity index (χ4v) is 2.92. The van der Waals surface area contributed by atoms with Gasteiger partial charge in [-0.1, -0.05) is 42.5 Å². The average molecular weight is 414 g/mol. The average Bonchev–Trinajstić information content (AvgIpc) is 3.27. The molecule has 0 atom stereocenters. The van der Waals surface area contributed by atoms with Crippen molar-refractivity contribution >= 4 is 18.0 Å². The Morgan fingerprint density at radius 3 is 2.48 bits per heavy atom. The summed E-state index contributed by atoms with van der Waals surface area (Å²) in [7, 11) is 0. The number of carbonyl (C=O) groups excluding carboxylic acids is 2. The smallest absolute Gasteiger partial charge is 0.338 e. The first kappa shape index (κ1) is 21.6. The number of nitrogens with one attached hydrogen (secondary N) is 1. The van der Waals surface area contributed by atoms with Crippen molar-refractivity contribution in [2.75, 3.05) is 13.2 Å². The van der Waals surface area contributed by atoms with E-state index >= 15 is 0 Å². The molecular formula is C25H22N2O4. The second kappa shape index (κ2) is 10.6. The van der Waals surface area contributed by atoms with Crippen LogP contribution in [-0.2, 0) is 16.0 Å². The number of amides is 1. The number of furan rings is 1. The molecule has 0 fully saturated rings. The van der Waals surface area contributed by atoms with Crippen molar-refractivity contribution in [2.24, 2.45) is 0 Å². The number of carbonyl (C=O) groups is 2. The van der Waals surface area contributed by atoms with Gasteiger partial charge in [0.25, 0.3) is 5.91 Å². The van der Waals surface area contributed by atoms with Gasteiger partial charge in [0.05, 0.1) is 12.2 Å². The zero-order chi connectivity index (χ0) is 22.1. The molecule has 6 nitrogen and oxygen atoms in total. The van der Waals surface area contributed by atoms with Crippen molar-refractivity contribution in [1.29, 1.82) is 5.26 Å².